The monoisotopic (exact) mass is 255 g/mol. The van der Waals surface area contributed by atoms with Crippen molar-refractivity contribution in [1.82, 2.24) is 0 Å². The lowest BCUT2D eigenvalue weighted by molar-refractivity contribution is 0.186. The van der Waals surface area contributed by atoms with Crippen molar-refractivity contribution < 1.29 is 9.84 Å². The van der Waals surface area contributed by atoms with E-state index in [2.05, 4.69) is 0 Å². The van der Waals surface area contributed by atoms with Gasteiger partial charge in [0.2, 0.25) is 0 Å². The third-order valence-corrected chi connectivity index (χ3v) is 4.12. The zero-order chi connectivity index (χ0) is 12.6. The summed E-state index contributed by atoms with van der Waals surface area (Å²) in [7, 11) is 1.62. The van der Waals surface area contributed by atoms with Gasteiger partial charge in [-0.3, -0.25) is 0 Å². The van der Waals surface area contributed by atoms with Crippen molar-refractivity contribution in [3.63, 3.8) is 0 Å². The molecule has 4 heteroatoms. The summed E-state index contributed by atoms with van der Waals surface area (Å²) in [6, 6.07) is 3.53. The second-order valence-electron chi connectivity index (χ2n) is 4.84. The van der Waals surface area contributed by atoms with Crippen molar-refractivity contribution in [1.29, 1.82) is 0 Å². The zero-order valence-corrected chi connectivity index (χ0v) is 10.9. The first kappa shape index (κ1) is 12.7. The van der Waals surface area contributed by atoms with Crippen LogP contribution in [0.2, 0.25) is 5.02 Å². The van der Waals surface area contributed by atoms with E-state index in [0.29, 0.717) is 5.02 Å². The standard InChI is InChI=1S/C13H18ClNO2/c1-8-5-11(17-2)9(6-10(8)14)12(15)13(7-16)3-4-13/h5-6,12,16H,3-4,7,15H2,1-2H3. The number of aliphatic hydroxyl groups excluding tert-OH is 1. The van der Waals surface area contributed by atoms with Gasteiger partial charge in [-0.05, 0) is 37.5 Å². The van der Waals surface area contributed by atoms with Gasteiger partial charge in [-0.25, -0.2) is 0 Å². The molecule has 0 spiro atoms. The summed E-state index contributed by atoms with van der Waals surface area (Å²) < 4.78 is 5.35. The van der Waals surface area contributed by atoms with Gasteiger partial charge in [0.15, 0.2) is 0 Å². The third-order valence-electron chi connectivity index (χ3n) is 3.71. The Bertz CT molecular complexity index is 430. The molecule has 3 N–H and O–H groups in total. The summed E-state index contributed by atoms with van der Waals surface area (Å²) in [6.45, 7) is 2.04. The van der Waals surface area contributed by atoms with Crippen LogP contribution in [0.25, 0.3) is 0 Å². The average molecular weight is 256 g/mol. The fourth-order valence-electron chi connectivity index (χ4n) is 2.15. The highest BCUT2D eigenvalue weighted by Crippen LogP contribution is 2.54. The summed E-state index contributed by atoms with van der Waals surface area (Å²) in [5, 5.41) is 10.1. The Morgan fingerprint density at radius 3 is 2.65 bits per heavy atom. The van der Waals surface area contributed by atoms with Crippen LogP contribution in [0.1, 0.15) is 30.0 Å². The molecule has 1 atom stereocenters. The summed E-state index contributed by atoms with van der Waals surface area (Å²) in [6.07, 6.45) is 1.92. The fraction of sp³-hybridized carbons (Fsp3) is 0.538. The van der Waals surface area contributed by atoms with Crippen molar-refractivity contribution in [2.75, 3.05) is 13.7 Å². The summed E-state index contributed by atoms with van der Waals surface area (Å²) >= 11 is 6.13. The van der Waals surface area contributed by atoms with E-state index in [1.165, 1.54) is 0 Å². The van der Waals surface area contributed by atoms with E-state index in [1.54, 1.807) is 7.11 Å². The molecule has 0 radical (unpaired) electrons. The Morgan fingerprint density at radius 2 is 2.18 bits per heavy atom. The molecule has 17 heavy (non-hydrogen) atoms. The van der Waals surface area contributed by atoms with E-state index in [4.69, 9.17) is 22.1 Å². The normalized spacial score (nSPS) is 18.9. The lowest BCUT2D eigenvalue weighted by Gasteiger charge is -2.24. The molecular weight excluding hydrogens is 238 g/mol. The molecule has 0 saturated heterocycles. The first-order valence-corrected chi connectivity index (χ1v) is 6.12. The number of hydrogen-bond acceptors (Lipinski definition) is 3. The Kier molecular flexibility index (Phi) is 3.34. The van der Waals surface area contributed by atoms with Crippen LogP contribution in [0.15, 0.2) is 12.1 Å². The number of nitrogens with two attached hydrogens (primary N) is 1. The summed E-state index contributed by atoms with van der Waals surface area (Å²) in [5.41, 5.74) is 7.92. The van der Waals surface area contributed by atoms with Crippen LogP contribution in [0, 0.1) is 12.3 Å². The van der Waals surface area contributed by atoms with Gasteiger partial charge in [-0.15, -0.1) is 0 Å². The Morgan fingerprint density at radius 1 is 1.53 bits per heavy atom. The lowest BCUT2D eigenvalue weighted by atomic mass is 9.90. The number of aliphatic hydroxyl groups is 1. The number of halogens is 1. The number of rotatable bonds is 4. The predicted molar refractivity (Wildman–Crippen MR) is 68.4 cm³/mol. The largest absolute Gasteiger partial charge is 0.496 e. The molecule has 0 amide bonds. The molecule has 1 fully saturated rings. The van der Waals surface area contributed by atoms with E-state index in [-0.39, 0.29) is 18.1 Å². The van der Waals surface area contributed by atoms with Gasteiger partial charge in [-0.2, -0.15) is 0 Å². The fourth-order valence-corrected chi connectivity index (χ4v) is 2.32. The molecule has 1 aromatic carbocycles. The van der Waals surface area contributed by atoms with Gasteiger partial charge >= 0.3 is 0 Å². The maximum atomic E-state index is 9.42. The minimum Gasteiger partial charge on any atom is -0.496 e. The Labute approximate surface area is 107 Å². The highest BCUT2D eigenvalue weighted by molar-refractivity contribution is 6.31. The minimum atomic E-state index is -0.222. The average Bonchev–Trinajstić information content (AvgIpc) is 3.12. The van der Waals surface area contributed by atoms with Crippen LogP contribution in [0.3, 0.4) is 0 Å². The van der Waals surface area contributed by atoms with Gasteiger partial charge in [0.1, 0.15) is 5.75 Å². The van der Waals surface area contributed by atoms with Crippen molar-refractivity contribution in [2.45, 2.75) is 25.8 Å². The molecule has 0 aliphatic heterocycles. The second-order valence-corrected chi connectivity index (χ2v) is 5.25. The smallest absolute Gasteiger partial charge is 0.124 e. The molecule has 1 aromatic rings. The van der Waals surface area contributed by atoms with Crippen molar-refractivity contribution >= 4 is 11.6 Å². The van der Waals surface area contributed by atoms with E-state index < -0.39 is 0 Å². The highest BCUT2D eigenvalue weighted by Gasteiger charge is 2.48. The Hall–Kier alpha value is -0.770. The van der Waals surface area contributed by atoms with Crippen molar-refractivity contribution in [2.24, 2.45) is 11.1 Å². The number of aryl methyl sites for hydroxylation is 1. The van der Waals surface area contributed by atoms with Crippen LogP contribution in [0.4, 0.5) is 0 Å². The molecule has 1 aliphatic carbocycles. The van der Waals surface area contributed by atoms with Crippen molar-refractivity contribution in [3.05, 3.63) is 28.3 Å². The molecule has 1 unspecified atom stereocenters. The second kappa shape index (κ2) is 4.48. The first-order chi connectivity index (χ1) is 8.04. The number of benzene rings is 1. The quantitative estimate of drug-likeness (QED) is 0.869. The Balaban J connectivity index is 2.40. The van der Waals surface area contributed by atoms with Crippen LogP contribution >= 0.6 is 11.6 Å². The van der Waals surface area contributed by atoms with E-state index >= 15 is 0 Å². The summed E-state index contributed by atoms with van der Waals surface area (Å²) in [4.78, 5) is 0. The molecule has 1 saturated carbocycles. The number of hydrogen-bond donors (Lipinski definition) is 2. The van der Waals surface area contributed by atoms with Crippen molar-refractivity contribution in [3.8, 4) is 5.75 Å². The van der Waals surface area contributed by atoms with E-state index in [0.717, 1.165) is 29.7 Å². The van der Waals surface area contributed by atoms with Crippen LogP contribution in [-0.2, 0) is 0 Å². The molecule has 0 bridgehead atoms. The van der Waals surface area contributed by atoms with Gasteiger partial charge in [0, 0.05) is 22.0 Å². The van der Waals surface area contributed by atoms with Crippen LogP contribution in [-0.4, -0.2) is 18.8 Å². The van der Waals surface area contributed by atoms with Gasteiger partial charge < -0.3 is 15.6 Å². The SMILES string of the molecule is COc1cc(C)c(Cl)cc1C(N)C1(CO)CC1. The molecule has 2 rings (SSSR count). The number of methoxy groups -OCH3 is 1. The first-order valence-electron chi connectivity index (χ1n) is 5.74. The van der Waals surface area contributed by atoms with Crippen LogP contribution in [0.5, 0.6) is 5.75 Å². The van der Waals surface area contributed by atoms with E-state index in [1.807, 2.05) is 19.1 Å². The predicted octanol–water partition coefficient (Wildman–Crippen LogP) is 2.43. The molecule has 3 nitrogen and oxygen atoms in total. The minimum absolute atomic E-state index is 0.114. The molecule has 0 aromatic heterocycles. The number of ether oxygens (including phenoxy) is 1. The zero-order valence-electron chi connectivity index (χ0n) is 10.2. The maximum absolute atomic E-state index is 9.42. The molecule has 1 aliphatic rings. The van der Waals surface area contributed by atoms with Gasteiger partial charge in [0.05, 0.1) is 13.7 Å². The van der Waals surface area contributed by atoms with Crippen LogP contribution < -0.4 is 10.5 Å². The maximum Gasteiger partial charge on any atom is 0.124 e. The topological polar surface area (TPSA) is 55.5 Å². The van der Waals surface area contributed by atoms with Gasteiger partial charge in [0.25, 0.3) is 0 Å². The molecular formula is C13H18ClNO2. The third kappa shape index (κ3) is 2.15. The lowest BCUT2D eigenvalue weighted by Crippen LogP contribution is -2.26. The van der Waals surface area contributed by atoms with Gasteiger partial charge in [-0.1, -0.05) is 11.6 Å². The highest BCUT2D eigenvalue weighted by atomic mass is 35.5. The van der Waals surface area contributed by atoms with E-state index in [9.17, 15) is 5.11 Å². The summed E-state index contributed by atoms with van der Waals surface area (Å²) in [5.74, 6) is 0.749. The molecule has 94 valence electrons. The molecule has 0 heterocycles.